The van der Waals surface area contributed by atoms with Gasteiger partial charge in [-0.05, 0) is 12.8 Å². The third-order valence-corrected chi connectivity index (χ3v) is 3.71. The number of aromatic nitrogens is 4. The zero-order chi connectivity index (χ0) is 19.9. The lowest BCUT2D eigenvalue weighted by Crippen LogP contribution is -2.34. The standard InChI is InChI=1S/C16H20F3N7O/c1-11(12(2)25-15(27-20-3)16(17,18)19)10-26(13-8-21-4-6-23-13)14-9-22-5-7-24-14/h4-9,11-12,20H,10H2,1-3H3/t11?,12-/m1/s1. The molecule has 0 aromatic carbocycles. The summed E-state index contributed by atoms with van der Waals surface area (Å²) in [5.74, 6) is -0.617. The summed E-state index contributed by atoms with van der Waals surface area (Å²) in [5.41, 5.74) is 2.01. The molecule has 0 spiro atoms. The van der Waals surface area contributed by atoms with Crippen molar-refractivity contribution in [2.45, 2.75) is 26.1 Å². The second-order valence-electron chi connectivity index (χ2n) is 5.69. The van der Waals surface area contributed by atoms with Crippen molar-refractivity contribution in [2.24, 2.45) is 10.9 Å². The van der Waals surface area contributed by atoms with Crippen LogP contribution in [0, 0.1) is 5.92 Å². The maximum Gasteiger partial charge on any atom is 0.470 e. The first-order valence-electron chi connectivity index (χ1n) is 8.11. The van der Waals surface area contributed by atoms with Gasteiger partial charge in [-0.3, -0.25) is 9.97 Å². The number of anilines is 2. The molecule has 2 heterocycles. The van der Waals surface area contributed by atoms with E-state index >= 15 is 0 Å². The third-order valence-electron chi connectivity index (χ3n) is 3.71. The van der Waals surface area contributed by atoms with Crippen LogP contribution >= 0.6 is 0 Å². The van der Waals surface area contributed by atoms with E-state index in [1.54, 1.807) is 31.1 Å². The number of alkyl halides is 3. The molecule has 146 valence electrons. The molecule has 0 aliphatic carbocycles. The van der Waals surface area contributed by atoms with Gasteiger partial charge >= 0.3 is 12.1 Å². The molecule has 11 heteroatoms. The van der Waals surface area contributed by atoms with Crippen LogP contribution in [0.3, 0.4) is 0 Å². The molecule has 0 radical (unpaired) electrons. The summed E-state index contributed by atoms with van der Waals surface area (Å²) in [5, 5.41) is 0. The first kappa shape index (κ1) is 20.5. The van der Waals surface area contributed by atoms with E-state index in [9.17, 15) is 13.2 Å². The summed E-state index contributed by atoms with van der Waals surface area (Å²) in [7, 11) is 1.24. The summed E-state index contributed by atoms with van der Waals surface area (Å²) in [6, 6.07) is -0.689. The molecule has 2 atom stereocenters. The van der Waals surface area contributed by atoms with Gasteiger partial charge in [0.2, 0.25) is 0 Å². The van der Waals surface area contributed by atoms with Crippen molar-refractivity contribution >= 4 is 17.5 Å². The van der Waals surface area contributed by atoms with E-state index < -0.39 is 18.1 Å². The van der Waals surface area contributed by atoms with E-state index in [-0.39, 0.29) is 5.92 Å². The number of nitrogens with zero attached hydrogens (tertiary/aromatic N) is 6. The van der Waals surface area contributed by atoms with E-state index in [1.807, 2.05) is 5.48 Å². The Morgan fingerprint density at radius 3 is 2.07 bits per heavy atom. The van der Waals surface area contributed by atoms with Gasteiger partial charge in [0.05, 0.1) is 18.4 Å². The lowest BCUT2D eigenvalue weighted by Gasteiger charge is -2.27. The van der Waals surface area contributed by atoms with Crippen molar-refractivity contribution in [3.8, 4) is 0 Å². The average Bonchev–Trinajstić information content (AvgIpc) is 2.66. The van der Waals surface area contributed by atoms with E-state index in [1.165, 1.54) is 31.8 Å². The Balaban J connectivity index is 2.24. The topological polar surface area (TPSA) is 88.4 Å². The zero-order valence-corrected chi connectivity index (χ0v) is 15.1. The van der Waals surface area contributed by atoms with Crippen LogP contribution < -0.4 is 10.4 Å². The van der Waals surface area contributed by atoms with Crippen molar-refractivity contribution < 1.29 is 18.0 Å². The average molecular weight is 383 g/mol. The van der Waals surface area contributed by atoms with Crippen LogP contribution in [0.15, 0.2) is 42.2 Å². The van der Waals surface area contributed by atoms with Gasteiger partial charge in [-0.25, -0.2) is 15.0 Å². The maximum absolute atomic E-state index is 13.0. The summed E-state index contributed by atoms with van der Waals surface area (Å²) >= 11 is 0. The number of hydrogen-bond acceptors (Lipinski definition) is 8. The molecule has 1 N–H and O–H groups in total. The minimum absolute atomic E-state index is 0.298. The quantitative estimate of drug-likeness (QED) is 0.446. The van der Waals surface area contributed by atoms with Gasteiger partial charge in [0.1, 0.15) is 0 Å². The van der Waals surface area contributed by atoms with Crippen molar-refractivity contribution in [3.63, 3.8) is 0 Å². The lowest BCUT2D eigenvalue weighted by atomic mass is 10.0. The van der Waals surface area contributed by atoms with Gasteiger partial charge in [0.15, 0.2) is 11.6 Å². The lowest BCUT2D eigenvalue weighted by molar-refractivity contribution is -0.0844. The predicted molar refractivity (Wildman–Crippen MR) is 93.3 cm³/mol. The fourth-order valence-electron chi connectivity index (χ4n) is 2.17. The van der Waals surface area contributed by atoms with Gasteiger partial charge in [-0.15, -0.1) is 0 Å². The molecule has 1 unspecified atom stereocenters. The highest BCUT2D eigenvalue weighted by Gasteiger charge is 2.39. The van der Waals surface area contributed by atoms with Gasteiger partial charge < -0.3 is 9.74 Å². The molecule has 2 aromatic heterocycles. The summed E-state index contributed by atoms with van der Waals surface area (Å²) in [6.07, 6.45) is 4.49. The molecule has 2 aromatic rings. The van der Waals surface area contributed by atoms with Gasteiger partial charge in [-0.1, -0.05) is 6.92 Å². The normalized spacial score (nSPS) is 14.5. The fourth-order valence-corrected chi connectivity index (χ4v) is 2.17. The van der Waals surface area contributed by atoms with E-state index in [2.05, 4.69) is 29.8 Å². The Hall–Kier alpha value is -2.82. The van der Waals surface area contributed by atoms with Crippen molar-refractivity contribution in [2.75, 3.05) is 18.5 Å². The molecule has 8 nitrogen and oxygen atoms in total. The summed E-state index contributed by atoms with van der Waals surface area (Å²) in [4.78, 5) is 26.4. The number of hydroxylamine groups is 1. The van der Waals surface area contributed by atoms with Gasteiger partial charge in [0, 0.05) is 38.4 Å². The highest BCUT2D eigenvalue weighted by atomic mass is 19.4. The Labute approximate surface area is 154 Å². The molecule has 2 rings (SSSR count). The molecule has 27 heavy (non-hydrogen) atoms. The first-order valence-corrected chi connectivity index (χ1v) is 8.11. The van der Waals surface area contributed by atoms with Crippen LogP contribution in [-0.4, -0.2) is 51.6 Å². The SMILES string of the molecule is CNOC(=N[C@H](C)C(C)CN(c1cnccn1)c1cnccn1)C(F)(F)F. The molecule has 0 fully saturated rings. The molecule has 0 saturated heterocycles. The fraction of sp³-hybridized carbons (Fsp3) is 0.438. The molecular formula is C16H20F3N7O. The largest absolute Gasteiger partial charge is 0.470 e. The molecular weight excluding hydrogens is 363 g/mol. The third kappa shape index (κ3) is 5.84. The highest BCUT2D eigenvalue weighted by Crippen LogP contribution is 2.24. The van der Waals surface area contributed by atoms with Gasteiger partial charge in [0.25, 0.3) is 0 Å². The number of aliphatic imine (C=N–C) groups is 1. The molecule has 0 amide bonds. The second kappa shape index (κ2) is 9.21. The number of hydrogen-bond donors (Lipinski definition) is 1. The van der Waals surface area contributed by atoms with Crippen LogP contribution in [-0.2, 0) is 4.84 Å². The predicted octanol–water partition coefficient (Wildman–Crippen LogP) is 2.54. The Bertz CT molecular complexity index is 688. The van der Waals surface area contributed by atoms with E-state index in [0.717, 1.165) is 0 Å². The monoisotopic (exact) mass is 383 g/mol. The van der Waals surface area contributed by atoms with Crippen LogP contribution in [0.5, 0.6) is 0 Å². The van der Waals surface area contributed by atoms with Crippen molar-refractivity contribution in [3.05, 3.63) is 37.2 Å². The second-order valence-corrected chi connectivity index (χ2v) is 5.69. The van der Waals surface area contributed by atoms with Crippen LogP contribution in [0.2, 0.25) is 0 Å². The van der Waals surface area contributed by atoms with Crippen LogP contribution in [0.4, 0.5) is 24.8 Å². The Morgan fingerprint density at radius 1 is 1.11 bits per heavy atom. The minimum Gasteiger partial charge on any atom is -0.384 e. The van der Waals surface area contributed by atoms with E-state index in [0.29, 0.717) is 18.2 Å². The van der Waals surface area contributed by atoms with Gasteiger partial charge in [-0.2, -0.15) is 18.7 Å². The molecule has 0 aliphatic heterocycles. The number of rotatable bonds is 7. The van der Waals surface area contributed by atoms with Crippen LogP contribution in [0.1, 0.15) is 13.8 Å². The van der Waals surface area contributed by atoms with Crippen LogP contribution in [0.25, 0.3) is 0 Å². The summed E-state index contributed by atoms with van der Waals surface area (Å²) in [6.45, 7) is 3.66. The zero-order valence-electron chi connectivity index (χ0n) is 15.1. The maximum atomic E-state index is 13.0. The minimum atomic E-state index is -4.69. The number of halogens is 3. The number of nitrogens with one attached hydrogen (secondary N) is 1. The first-order chi connectivity index (χ1) is 12.8. The van der Waals surface area contributed by atoms with Crippen molar-refractivity contribution in [1.82, 2.24) is 25.4 Å². The van der Waals surface area contributed by atoms with E-state index in [4.69, 9.17) is 0 Å². The molecule has 0 aliphatic rings. The highest BCUT2D eigenvalue weighted by molar-refractivity contribution is 5.81. The molecule has 0 bridgehead atoms. The Morgan fingerprint density at radius 2 is 1.67 bits per heavy atom. The molecule has 0 saturated carbocycles. The Kier molecular flexibility index (Phi) is 6.99. The summed E-state index contributed by atoms with van der Waals surface area (Å²) < 4.78 is 38.9. The smallest absolute Gasteiger partial charge is 0.384 e. The van der Waals surface area contributed by atoms with Crippen molar-refractivity contribution in [1.29, 1.82) is 0 Å².